The van der Waals surface area contributed by atoms with Gasteiger partial charge < -0.3 is 9.64 Å². The first-order valence-corrected chi connectivity index (χ1v) is 5.74. The van der Waals surface area contributed by atoms with Gasteiger partial charge in [-0.15, -0.1) is 0 Å². The summed E-state index contributed by atoms with van der Waals surface area (Å²) in [6, 6.07) is 9.53. The molecule has 4 heteroatoms. The standard InChI is InChI=1S/C14H15NO3/c1-15-9-12(14(17)18-2)11(8-13(15)16)10-6-4-3-5-7-10/h3-7,9,11H,8H2,1-2H3/t11-/m1/s1. The number of carbonyl (C=O) groups excluding carboxylic acids is 2. The summed E-state index contributed by atoms with van der Waals surface area (Å²) in [5.74, 6) is -0.609. The van der Waals surface area contributed by atoms with Crippen LogP contribution in [0.2, 0.25) is 0 Å². The molecule has 0 radical (unpaired) electrons. The fourth-order valence-electron chi connectivity index (χ4n) is 2.09. The lowest BCUT2D eigenvalue weighted by atomic mass is 9.86. The molecule has 1 amide bonds. The second-order valence-electron chi connectivity index (χ2n) is 4.25. The minimum atomic E-state index is -0.386. The number of methoxy groups -OCH3 is 1. The Hall–Kier alpha value is -2.10. The molecule has 2 rings (SSSR count). The Labute approximate surface area is 106 Å². The smallest absolute Gasteiger partial charge is 0.335 e. The van der Waals surface area contributed by atoms with E-state index < -0.39 is 0 Å². The molecule has 1 atom stereocenters. The van der Waals surface area contributed by atoms with Crippen molar-refractivity contribution in [3.63, 3.8) is 0 Å². The predicted molar refractivity (Wildman–Crippen MR) is 66.7 cm³/mol. The highest BCUT2D eigenvalue weighted by atomic mass is 16.5. The first kappa shape index (κ1) is 12.4. The molecule has 0 fully saturated rings. The van der Waals surface area contributed by atoms with Gasteiger partial charge in [0, 0.05) is 25.6 Å². The zero-order valence-corrected chi connectivity index (χ0v) is 10.4. The van der Waals surface area contributed by atoms with E-state index >= 15 is 0 Å². The third-order valence-electron chi connectivity index (χ3n) is 3.10. The number of hydrogen-bond acceptors (Lipinski definition) is 3. The highest BCUT2D eigenvalue weighted by Gasteiger charge is 2.31. The van der Waals surface area contributed by atoms with E-state index in [-0.39, 0.29) is 17.8 Å². The van der Waals surface area contributed by atoms with E-state index in [2.05, 4.69) is 0 Å². The van der Waals surface area contributed by atoms with Crippen molar-refractivity contribution >= 4 is 11.9 Å². The van der Waals surface area contributed by atoms with Gasteiger partial charge in [0.15, 0.2) is 0 Å². The third kappa shape index (κ3) is 2.27. The molecule has 1 aromatic carbocycles. The Morgan fingerprint density at radius 3 is 2.61 bits per heavy atom. The summed E-state index contributed by atoms with van der Waals surface area (Å²) in [6.07, 6.45) is 1.86. The van der Waals surface area contributed by atoms with Crippen molar-refractivity contribution in [3.8, 4) is 0 Å². The van der Waals surface area contributed by atoms with Gasteiger partial charge in [0.2, 0.25) is 5.91 Å². The van der Waals surface area contributed by atoms with E-state index in [4.69, 9.17) is 4.74 Å². The molecule has 4 nitrogen and oxygen atoms in total. The van der Waals surface area contributed by atoms with Crippen molar-refractivity contribution in [2.45, 2.75) is 12.3 Å². The Kier molecular flexibility index (Phi) is 3.46. The molecule has 0 unspecified atom stereocenters. The summed E-state index contributed by atoms with van der Waals surface area (Å²) in [5, 5.41) is 0. The number of ether oxygens (including phenoxy) is 1. The molecule has 0 spiro atoms. The van der Waals surface area contributed by atoms with E-state index in [0.29, 0.717) is 12.0 Å². The van der Waals surface area contributed by atoms with Crippen molar-refractivity contribution in [3.05, 3.63) is 47.7 Å². The number of hydrogen-bond donors (Lipinski definition) is 0. The van der Waals surface area contributed by atoms with E-state index in [1.54, 1.807) is 13.2 Å². The van der Waals surface area contributed by atoms with Gasteiger partial charge in [0.1, 0.15) is 0 Å². The normalized spacial score (nSPS) is 19.4. The van der Waals surface area contributed by atoms with Crippen LogP contribution >= 0.6 is 0 Å². The molecule has 0 aromatic heterocycles. The van der Waals surface area contributed by atoms with Crippen LogP contribution in [0.3, 0.4) is 0 Å². The second kappa shape index (κ2) is 5.04. The van der Waals surface area contributed by atoms with Crippen LogP contribution in [-0.4, -0.2) is 30.9 Å². The maximum Gasteiger partial charge on any atom is 0.335 e. The monoisotopic (exact) mass is 245 g/mol. The topological polar surface area (TPSA) is 46.6 Å². The number of esters is 1. The number of rotatable bonds is 2. The van der Waals surface area contributed by atoms with Gasteiger partial charge in [0.25, 0.3) is 0 Å². The molecular formula is C14H15NO3. The van der Waals surface area contributed by atoms with Crippen molar-refractivity contribution < 1.29 is 14.3 Å². The molecule has 0 saturated heterocycles. The minimum absolute atomic E-state index is 0.00324. The lowest BCUT2D eigenvalue weighted by molar-refractivity contribution is -0.137. The maximum atomic E-state index is 11.8. The molecule has 1 aromatic rings. The predicted octanol–water partition coefficient (Wildman–Crippen LogP) is 1.69. The molecule has 1 heterocycles. The molecule has 0 saturated carbocycles. The van der Waals surface area contributed by atoms with Crippen LogP contribution < -0.4 is 0 Å². The molecular weight excluding hydrogens is 230 g/mol. The number of amides is 1. The molecule has 1 aliphatic heterocycles. The molecule has 0 bridgehead atoms. The molecule has 0 aliphatic carbocycles. The van der Waals surface area contributed by atoms with Crippen LogP contribution in [0.15, 0.2) is 42.1 Å². The first-order valence-electron chi connectivity index (χ1n) is 5.74. The average molecular weight is 245 g/mol. The summed E-state index contributed by atoms with van der Waals surface area (Å²) >= 11 is 0. The van der Waals surface area contributed by atoms with Gasteiger partial charge in [0.05, 0.1) is 12.7 Å². The first-order chi connectivity index (χ1) is 8.63. The van der Waals surface area contributed by atoms with E-state index in [0.717, 1.165) is 5.56 Å². The van der Waals surface area contributed by atoms with Crippen molar-refractivity contribution in [1.82, 2.24) is 4.90 Å². The molecule has 1 aliphatic rings. The zero-order chi connectivity index (χ0) is 13.1. The Morgan fingerprint density at radius 2 is 2.00 bits per heavy atom. The highest BCUT2D eigenvalue weighted by molar-refractivity contribution is 5.94. The van der Waals surface area contributed by atoms with Crippen molar-refractivity contribution in [2.75, 3.05) is 14.2 Å². The van der Waals surface area contributed by atoms with Crippen LogP contribution in [0.25, 0.3) is 0 Å². The number of nitrogens with zero attached hydrogens (tertiary/aromatic N) is 1. The molecule has 94 valence electrons. The zero-order valence-electron chi connectivity index (χ0n) is 10.4. The van der Waals surface area contributed by atoms with Crippen molar-refractivity contribution in [1.29, 1.82) is 0 Å². The van der Waals surface area contributed by atoms with Crippen LogP contribution in [-0.2, 0) is 14.3 Å². The van der Waals surface area contributed by atoms with Gasteiger partial charge in [-0.3, -0.25) is 4.79 Å². The largest absolute Gasteiger partial charge is 0.466 e. The summed E-state index contributed by atoms with van der Waals surface area (Å²) in [7, 11) is 2.99. The Bertz CT molecular complexity index is 493. The quantitative estimate of drug-likeness (QED) is 0.745. The van der Waals surface area contributed by atoms with E-state index in [1.165, 1.54) is 12.0 Å². The Balaban J connectivity index is 2.41. The SMILES string of the molecule is COC(=O)C1=CN(C)C(=O)C[C@@H]1c1ccccc1. The van der Waals surface area contributed by atoms with Gasteiger partial charge in [-0.2, -0.15) is 0 Å². The van der Waals surface area contributed by atoms with Crippen LogP contribution in [0.4, 0.5) is 0 Å². The van der Waals surface area contributed by atoms with E-state index in [1.807, 2.05) is 30.3 Å². The van der Waals surface area contributed by atoms with Gasteiger partial charge in [-0.25, -0.2) is 4.79 Å². The lowest BCUT2D eigenvalue weighted by Crippen LogP contribution is -2.31. The van der Waals surface area contributed by atoms with Crippen LogP contribution in [0.1, 0.15) is 17.9 Å². The second-order valence-corrected chi connectivity index (χ2v) is 4.25. The van der Waals surface area contributed by atoms with Gasteiger partial charge in [-0.05, 0) is 5.56 Å². The summed E-state index contributed by atoms with van der Waals surface area (Å²) < 4.78 is 4.78. The van der Waals surface area contributed by atoms with Gasteiger partial charge >= 0.3 is 5.97 Å². The maximum absolute atomic E-state index is 11.8. The Morgan fingerprint density at radius 1 is 1.33 bits per heavy atom. The minimum Gasteiger partial charge on any atom is -0.466 e. The highest BCUT2D eigenvalue weighted by Crippen LogP contribution is 2.32. The van der Waals surface area contributed by atoms with Crippen molar-refractivity contribution in [2.24, 2.45) is 0 Å². The lowest BCUT2D eigenvalue weighted by Gasteiger charge is -2.27. The van der Waals surface area contributed by atoms with E-state index in [9.17, 15) is 9.59 Å². The fourth-order valence-corrected chi connectivity index (χ4v) is 2.09. The summed E-state index contributed by atoms with van der Waals surface area (Å²) in [6.45, 7) is 0. The average Bonchev–Trinajstić information content (AvgIpc) is 2.41. The van der Waals surface area contributed by atoms with Gasteiger partial charge in [-0.1, -0.05) is 30.3 Å². The fraction of sp³-hybridized carbons (Fsp3) is 0.286. The number of benzene rings is 1. The molecule has 18 heavy (non-hydrogen) atoms. The van der Waals surface area contributed by atoms with Crippen LogP contribution in [0, 0.1) is 0 Å². The van der Waals surface area contributed by atoms with Crippen LogP contribution in [0.5, 0.6) is 0 Å². The molecule has 0 N–H and O–H groups in total. The number of carbonyl (C=O) groups is 2. The third-order valence-corrected chi connectivity index (χ3v) is 3.10. The summed E-state index contributed by atoms with van der Waals surface area (Å²) in [4.78, 5) is 25.0. The summed E-state index contributed by atoms with van der Waals surface area (Å²) in [5.41, 5.74) is 1.47.